The van der Waals surface area contributed by atoms with Crippen LogP contribution in [0, 0.1) is 0 Å². The maximum absolute atomic E-state index is 5.59. The molecule has 0 aliphatic carbocycles. The highest BCUT2D eigenvalue weighted by Crippen LogP contribution is 2.09. The van der Waals surface area contributed by atoms with Crippen molar-refractivity contribution in [3.05, 3.63) is 30.0 Å². The van der Waals surface area contributed by atoms with Gasteiger partial charge in [0.1, 0.15) is 0 Å². The third kappa shape index (κ3) is 21.5. The second-order valence-electron chi connectivity index (χ2n) is 6.00. The summed E-state index contributed by atoms with van der Waals surface area (Å²) in [5.41, 5.74) is 3.12. The number of halogens is 1. The van der Waals surface area contributed by atoms with Crippen molar-refractivity contribution >= 4 is 11.6 Å². The molecule has 0 saturated carbocycles. The van der Waals surface area contributed by atoms with Crippen molar-refractivity contribution in [3.63, 3.8) is 0 Å². The quantitative estimate of drug-likeness (QED) is 0.118. The van der Waals surface area contributed by atoms with Crippen molar-refractivity contribution in [2.24, 2.45) is 0 Å². The fourth-order valence-electron chi connectivity index (χ4n) is 2.32. The average molecular weight is 341 g/mol. The van der Waals surface area contributed by atoms with Gasteiger partial charge in [0.25, 0.3) is 0 Å². The Balaban J connectivity index is 3.18. The van der Waals surface area contributed by atoms with Crippen molar-refractivity contribution in [3.8, 4) is 0 Å². The molecule has 134 valence electrons. The first-order valence-electron chi connectivity index (χ1n) is 9.60. The maximum atomic E-state index is 5.59. The van der Waals surface area contributed by atoms with Crippen LogP contribution in [0.4, 0.5) is 0 Å². The molecule has 0 aromatic rings. The highest BCUT2D eigenvalue weighted by Gasteiger charge is 1.90. The Bertz CT molecular complexity index is 303. The van der Waals surface area contributed by atoms with Gasteiger partial charge in [-0.15, -0.1) is 17.3 Å². The summed E-state index contributed by atoms with van der Waals surface area (Å²) in [6.45, 7) is 3.73. The summed E-state index contributed by atoms with van der Waals surface area (Å²) in [5, 5.41) is 0. The van der Waals surface area contributed by atoms with Crippen molar-refractivity contribution < 1.29 is 4.74 Å². The molecule has 0 fully saturated rings. The number of rotatable bonds is 17. The van der Waals surface area contributed by atoms with E-state index in [0.29, 0.717) is 6.61 Å². The SMILES string of the molecule is CCCCCCCCCC/C=C\CCOCC=C=CCCCCl. The predicted molar refractivity (Wildman–Crippen MR) is 104 cm³/mol. The molecule has 0 heterocycles. The Morgan fingerprint density at radius 1 is 0.783 bits per heavy atom. The molecule has 0 unspecified atom stereocenters. The minimum absolute atomic E-state index is 0.656. The highest BCUT2D eigenvalue weighted by molar-refractivity contribution is 6.17. The zero-order chi connectivity index (χ0) is 16.8. The van der Waals surface area contributed by atoms with E-state index in [-0.39, 0.29) is 0 Å². The second kappa shape index (κ2) is 21.5. The van der Waals surface area contributed by atoms with E-state index in [2.05, 4.69) is 24.8 Å². The molecule has 0 rings (SSSR count). The Labute approximate surface area is 149 Å². The van der Waals surface area contributed by atoms with Gasteiger partial charge in [0.15, 0.2) is 0 Å². The topological polar surface area (TPSA) is 9.23 Å². The van der Waals surface area contributed by atoms with E-state index in [4.69, 9.17) is 16.3 Å². The molecule has 0 spiro atoms. The van der Waals surface area contributed by atoms with Crippen LogP contribution in [0.1, 0.15) is 84.0 Å². The molecule has 0 radical (unpaired) electrons. The molecule has 0 atom stereocenters. The predicted octanol–water partition coefficient (Wildman–Crippen LogP) is 7.21. The molecular weight excluding hydrogens is 304 g/mol. The molecular formula is C21H37ClO. The number of ether oxygens (including phenoxy) is 1. The van der Waals surface area contributed by atoms with E-state index in [1.807, 2.05) is 12.2 Å². The lowest BCUT2D eigenvalue weighted by molar-refractivity contribution is 0.167. The summed E-state index contributed by atoms with van der Waals surface area (Å²) >= 11 is 5.59. The van der Waals surface area contributed by atoms with Gasteiger partial charge in [-0.05, 0) is 44.3 Å². The van der Waals surface area contributed by atoms with E-state index in [9.17, 15) is 0 Å². The molecule has 0 aromatic carbocycles. The largest absolute Gasteiger partial charge is 0.376 e. The third-order valence-corrected chi connectivity index (χ3v) is 4.01. The molecule has 0 amide bonds. The first kappa shape index (κ1) is 22.5. The van der Waals surface area contributed by atoms with Crippen LogP contribution in [-0.2, 0) is 4.74 Å². The van der Waals surface area contributed by atoms with Crippen LogP contribution in [0.5, 0.6) is 0 Å². The number of unbranched alkanes of at least 4 members (excludes halogenated alkanes) is 9. The van der Waals surface area contributed by atoms with Gasteiger partial charge in [-0.25, -0.2) is 0 Å². The van der Waals surface area contributed by atoms with Crippen molar-refractivity contribution in [1.29, 1.82) is 0 Å². The molecule has 0 aliphatic heterocycles. The Hall–Kier alpha value is -0.490. The van der Waals surface area contributed by atoms with Gasteiger partial charge >= 0.3 is 0 Å². The summed E-state index contributed by atoms with van der Waals surface area (Å²) in [5.74, 6) is 0.722. The normalized spacial score (nSPS) is 10.9. The van der Waals surface area contributed by atoms with E-state index >= 15 is 0 Å². The molecule has 0 aromatic heterocycles. The van der Waals surface area contributed by atoms with E-state index in [1.165, 1.54) is 57.8 Å². The van der Waals surface area contributed by atoms with E-state index in [0.717, 1.165) is 31.7 Å². The van der Waals surface area contributed by atoms with Gasteiger partial charge in [-0.1, -0.05) is 64.0 Å². The Kier molecular flexibility index (Phi) is 21.1. The molecule has 0 N–H and O–H groups in total. The average Bonchev–Trinajstić information content (AvgIpc) is 2.57. The van der Waals surface area contributed by atoms with Crippen LogP contribution in [0.15, 0.2) is 30.0 Å². The van der Waals surface area contributed by atoms with Gasteiger partial charge < -0.3 is 4.74 Å². The summed E-state index contributed by atoms with van der Waals surface area (Å²) in [6, 6.07) is 0. The van der Waals surface area contributed by atoms with Crippen LogP contribution >= 0.6 is 11.6 Å². The monoisotopic (exact) mass is 340 g/mol. The lowest BCUT2D eigenvalue weighted by Gasteiger charge is -2.00. The first-order valence-corrected chi connectivity index (χ1v) is 10.1. The van der Waals surface area contributed by atoms with Gasteiger partial charge in [0, 0.05) is 5.88 Å². The smallest absolute Gasteiger partial charge is 0.0721 e. The molecule has 23 heavy (non-hydrogen) atoms. The van der Waals surface area contributed by atoms with Crippen LogP contribution in [0.2, 0.25) is 0 Å². The van der Waals surface area contributed by atoms with Gasteiger partial charge in [0.05, 0.1) is 13.2 Å². The summed E-state index contributed by atoms with van der Waals surface area (Å²) in [4.78, 5) is 0. The lowest BCUT2D eigenvalue weighted by atomic mass is 10.1. The van der Waals surface area contributed by atoms with Gasteiger partial charge in [-0.2, -0.15) is 0 Å². The van der Waals surface area contributed by atoms with Crippen LogP contribution < -0.4 is 0 Å². The fraction of sp³-hybridized carbons (Fsp3) is 0.762. The lowest BCUT2D eigenvalue weighted by Crippen LogP contribution is -1.91. The second-order valence-corrected chi connectivity index (χ2v) is 6.38. The highest BCUT2D eigenvalue weighted by atomic mass is 35.5. The zero-order valence-corrected chi connectivity index (χ0v) is 16.0. The van der Waals surface area contributed by atoms with Crippen LogP contribution in [0.25, 0.3) is 0 Å². The number of allylic oxidation sites excluding steroid dienone is 1. The maximum Gasteiger partial charge on any atom is 0.0721 e. The third-order valence-electron chi connectivity index (χ3n) is 3.74. The molecule has 0 aliphatic rings. The van der Waals surface area contributed by atoms with E-state index < -0.39 is 0 Å². The van der Waals surface area contributed by atoms with Crippen LogP contribution in [0.3, 0.4) is 0 Å². The molecule has 0 bridgehead atoms. The minimum atomic E-state index is 0.656. The molecule has 2 heteroatoms. The summed E-state index contributed by atoms with van der Waals surface area (Å²) in [6.07, 6.45) is 23.9. The van der Waals surface area contributed by atoms with E-state index in [1.54, 1.807) is 0 Å². The standard InChI is InChI=1S/C21H37ClO/c1-2-3-4-5-6-7-8-9-10-11-14-17-20-23-21-18-15-12-13-16-19-22/h11-12,14,18H,2-10,13,16-17,19-21H2,1H3/b14-11-. The summed E-state index contributed by atoms with van der Waals surface area (Å²) in [7, 11) is 0. The molecule has 0 saturated heterocycles. The number of alkyl halides is 1. The summed E-state index contributed by atoms with van der Waals surface area (Å²) < 4.78 is 5.52. The van der Waals surface area contributed by atoms with Crippen LogP contribution in [-0.4, -0.2) is 19.1 Å². The van der Waals surface area contributed by atoms with Crippen molar-refractivity contribution in [2.75, 3.05) is 19.1 Å². The van der Waals surface area contributed by atoms with Crippen molar-refractivity contribution in [2.45, 2.75) is 84.0 Å². The van der Waals surface area contributed by atoms with Gasteiger partial charge in [0.2, 0.25) is 0 Å². The van der Waals surface area contributed by atoms with Crippen molar-refractivity contribution in [1.82, 2.24) is 0 Å². The number of hydrogen-bond donors (Lipinski definition) is 0. The van der Waals surface area contributed by atoms with Gasteiger partial charge in [-0.3, -0.25) is 0 Å². The zero-order valence-electron chi connectivity index (χ0n) is 15.2. The fourth-order valence-corrected chi connectivity index (χ4v) is 2.47. The number of hydrogen-bond acceptors (Lipinski definition) is 1. The first-order chi connectivity index (χ1) is 11.4. The Morgan fingerprint density at radius 2 is 1.48 bits per heavy atom. The molecule has 1 nitrogen and oxygen atoms in total. The Morgan fingerprint density at radius 3 is 2.22 bits per heavy atom. The minimum Gasteiger partial charge on any atom is -0.376 e.